The van der Waals surface area contributed by atoms with Crippen molar-refractivity contribution in [2.45, 2.75) is 0 Å². The average Bonchev–Trinajstić information content (AvgIpc) is 2.49. The molecule has 0 saturated carbocycles. The van der Waals surface area contributed by atoms with Gasteiger partial charge in [-0.1, -0.05) is 6.07 Å². The molecule has 1 aromatic carbocycles. The van der Waals surface area contributed by atoms with Gasteiger partial charge in [0.1, 0.15) is 11.6 Å². The van der Waals surface area contributed by atoms with Gasteiger partial charge in [-0.2, -0.15) is 5.26 Å². The van der Waals surface area contributed by atoms with Crippen LogP contribution in [0.1, 0.15) is 5.56 Å². The second-order valence-corrected chi connectivity index (χ2v) is 4.15. The highest BCUT2D eigenvalue weighted by molar-refractivity contribution is 6.31. The zero-order valence-electron chi connectivity index (χ0n) is 11.5. The second kappa shape index (κ2) is 6.41. The Morgan fingerprint density at radius 1 is 1.18 bits per heavy atom. The fourth-order valence-corrected chi connectivity index (χ4v) is 1.78. The van der Waals surface area contributed by atoms with E-state index < -0.39 is 17.8 Å². The summed E-state index contributed by atoms with van der Waals surface area (Å²) in [5.74, 6) is -0.855. The van der Waals surface area contributed by atoms with Crippen LogP contribution < -0.4 is 20.1 Å². The summed E-state index contributed by atoms with van der Waals surface area (Å²) in [4.78, 5) is 34.2. The van der Waals surface area contributed by atoms with Crippen LogP contribution in [0.15, 0.2) is 23.8 Å². The van der Waals surface area contributed by atoms with Crippen LogP contribution in [-0.2, 0) is 9.59 Å². The van der Waals surface area contributed by atoms with Crippen molar-refractivity contribution in [3.05, 3.63) is 29.3 Å². The van der Waals surface area contributed by atoms with Crippen molar-refractivity contribution >= 4 is 23.9 Å². The minimum atomic E-state index is -0.856. The third-order valence-electron chi connectivity index (χ3n) is 2.73. The van der Waals surface area contributed by atoms with Gasteiger partial charge in [0, 0.05) is 0 Å². The molecule has 0 unspecified atom stereocenters. The molecule has 1 saturated heterocycles. The fraction of sp³-hybridized carbons (Fsp3) is 0.143. The molecule has 0 atom stereocenters. The topological polar surface area (TPSA) is 118 Å². The molecule has 2 rings (SSSR count). The molecular weight excluding hydrogens is 290 g/mol. The van der Waals surface area contributed by atoms with Gasteiger partial charge in [0.25, 0.3) is 11.8 Å². The molecule has 1 aliphatic rings. The number of hydrogen-bond donors (Lipinski definition) is 2. The van der Waals surface area contributed by atoms with Gasteiger partial charge in [0.2, 0.25) is 0 Å². The Hall–Kier alpha value is -3.34. The smallest absolute Gasteiger partial charge is 0.328 e. The van der Waals surface area contributed by atoms with Crippen molar-refractivity contribution in [3.63, 3.8) is 0 Å². The molecule has 8 nitrogen and oxygen atoms in total. The number of rotatable bonds is 4. The molecule has 0 spiro atoms. The van der Waals surface area contributed by atoms with Crippen LogP contribution in [0.4, 0.5) is 4.79 Å². The number of hydrogen-bond acceptors (Lipinski definition) is 6. The third kappa shape index (κ3) is 3.21. The fourth-order valence-electron chi connectivity index (χ4n) is 1.78. The van der Waals surface area contributed by atoms with E-state index in [1.54, 1.807) is 12.1 Å². The molecule has 0 aliphatic carbocycles. The number of ether oxygens (including phenoxy) is 2. The van der Waals surface area contributed by atoms with Crippen LogP contribution in [-0.4, -0.2) is 31.6 Å². The molecule has 0 bridgehead atoms. The number of benzene rings is 1. The Kier molecular flexibility index (Phi) is 4.38. The number of imide groups is 2. The van der Waals surface area contributed by atoms with Crippen molar-refractivity contribution in [1.29, 1.82) is 5.26 Å². The van der Waals surface area contributed by atoms with E-state index >= 15 is 0 Å². The summed E-state index contributed by atoms with van der Waals surface area (Å²) in [5.41, 5.74) is 0.295. The molecule has 22 heavy (non-hydrogen) atoms. The van der Waals surface area contributed by atoms with Gasteiger partial charge in [-0.25, -0.2) is 4.79 Å². The summed E-state index contributed by atoms with van der Waals surface area (Å²) in [7, 11) is 1.42. The lowest BCUT2D eigenvalue weighted by Crippen LogP contribution is -2.51. The van der Waals surface area contributed by atoms with E-state index in [0.29, 0.717) is 17.1 Å². The Morgan fingerprint density at radius 2 is 1.86 bits per heavy atom. The van der Waals surface area contributed by atoms with E-state index in [1.165, 1.54) is 19.3 Å². The van der Waals surface area contributed by atoms with Crippen molar-refractivity contribution < 1.29 is 23.9 Å². The molecule has 112 valence electrons. The van der Waals surface area contributed by atoms with Crippen molar-refractivity contribution in [2.75, 3.05) is 13.7 Å². The summed E-state index contributed by atoms with van der Waals surface area (Å²) in [6.07, 6.45) is 1.31. The number of nitrogens with zero attached hydrogens (tertiary/aromatic N) is 1. The standard InChI is InChI=1S/C14H11N3O5/c1-21-11-7-8(2-3-10(11)22-5-4-15)6-9-12(18)16-14(20)17-13(9)19/h2-3,6-7H,5H2,1H3,(H2,16,17,18,19,20). The number of barbiturate groups is 1. The summed E-state index contributed by atoms with van der Waals surface area (Å²) < 4.78 is 10.3. The third-order valence-corrected chi connectivity index (χ3v) is 2.73. The number of carbonyl (C=O) groups is 3. The van der Waals surface area contributed by atoms with Crippen LogP contribution in [0.3, 0.4) is 0 Å². The first-order valence-electron chi connectivity index (χ1n) is 6.11. The number of nitrogens with one attached hydrogen (secondary N) is 2. The van der Waals surface area contributed by atoms with Crippen molar-refractivity contribution in [3.8, 4) is 17.6 Å². The largest absolute Gasteiger partial charge is 0.493 e. The Labute approximate surface area is 125 Å². The SMILES string of the molecule is COc1cc(C=C2C(=O)NC(=O)NC2=O)ccc1OCC#N. The lowest BCUT2D eigenvalue weighted by atomic mass is 10.1. The molecule has 2 N–H and O–H groups in total. The maximum absolute atomic E-state index is 11.6. The van der Waals surface area contributed by atoms with Crippen LogP contribution in [0.2, 0.25) is 0 Å². The molecule has 0 aromatic heterocycles. The maximum atomic E-state index is 11.6. The minimum absolute atomic E-state index is 0.135. The lowest BCUT2D eigenvalue weighted by molar-refractivity contribution is -0.123. The van der Waals surface area contributed by atoms with Crippen LogP contribution in [0.5, 0.6) is 11.5 Å². The normalized spacial score (nSPS) is 13.8. The zero-order chi connectivity index (χ0) is 16.1. The molecule has 4 amide bonds. The van der Waals surface area contributed by atoms with E-state index in [-0.39, 0.29) is 12.2 Å². The molecule has 1 aromatic rings. The van der Waals surface area contributed by atoms with Gasteiger partial charge in [-0.05, 0) is 23.8 Å². The number of urea groups is 1. The molecule has 0 radical (unpaired) electrons. The monoisotopic (exact) mass is 301 g/mol. The van der Waals surface area contributed by atoms with Gasteiger partial charge in [-0.15, -0.1) is 0 Å². The van der Waals surface area contributed by atoms with E-state index in [0.717, 1.165) is 0 Å². The van der Waals surface area contributed by atoms with Crippen molar-refractivity contribution in [1.82, 2.24) is 10.6 Å². The number of nitriles is 1. The van der Waals surface area contributed by atoms with Gasteiger partial charge >= 0.3 is 6.03 Å². The van der Waals surface area contributed by atoms with Gasteiger partial charge < -0.3 is 9.47 Å². The molecular formula is C14H11N3O5. The van der Waals surface area contributed by atoms with Crippen LogP contribution >= 0.6 is 0 Å². The zero-order valence-corrected chi connectivity index (χ0v) is 11.5. The second-order valence-electron chi connectivity index (χ2n) is 4.15. The van der Waals surface area contributed by atoms with Gasteiger partial charge in [0.05, 0.1) is 7.11 Å². The lowest BCUT2D eigenvalue weighted by Gasteiger charge is -2.14. The first-order valence-corrected chi connectivity index (χ1v) is 6.11. The van der Waals surface area contributed by atoms with Crippen molar-refractivity contribution in [2.24, 2.45) is 0 Å². The highest BCUT2D eigenvalue weighted by Gasteiger charge is 2.27. The Morgan fingerprint density at radius 3 is 2.45 bits per heavy atom. The highest BCUT2D eigenvalue weighted by Crippen LogP contribution is 2.29. The predicted molar refractivity (Wildman–Crippen MR) is 73.8 cm³/mol. The minimum Gasteiger partial charge on any atom is -0.493 e. The first-order chi connectivity index (χ1) is 10.5. The van der Waals surface area contributed by atoms with Crippen LogP contribution in [0, 0.1) is 11.3 Å². The molecule has 1 heterocycles. The Balaban J connectivity index is 2.31. The summed E-state index contributed by atoms with van der Waals surface area (Å²) >= 11 is 0. The summed E-state index contributed by atoms with van der Waals surface area (Å²) in [6, 6.07) is 5.65. The predicted octanol–water partition coefficient (Wildman–Crippen LogP) is 0.347. The van der Waals surface area contributed by atoms with E-state index in [2.05, 4.69) is 0 Å². The quantitative estimate of drug-likeness (QED) is 0.612. The maximum Gasteiger partial charge on any atom is 0.328 e. The number of methoxy groups -OCH3 is 1. The molecule has 1 fully saturated rings. The van der Waals surface area contributed by atoms with E-state index in [4.69, 9.17) is 14.7 Å². The summed E-state index contributed by atoms with van der Waals surface area (Å²) in [6.45, 7) is -0.135. The van der Waals surface area contributed by atoms with E-state index in [9.17, 15) is 14.4 Å². The average molecular weight is 301 g/mol. The van der Waals surface area contributed by atoms with E-state index in [1.807, 2.05) is 16.7 Å². The number of amides is 4. The number of carbonyl (C=O) groups excluding carboxylic acids is 3. The molecule has 8 heteroatoms. The first kappa shape index (κ1) is 15.1. The highest BCUT2D eigenvalue weighted by atomic mass is 16.5. The summed E-state index contributed by atoms with van der Waals surface area (Å²) in [5, 5.41) is 12.5. The molecule has 1 aliphatic heterocycles. The van der Waals surface area contributed by atoms with Crippen LogP contribution in [0.25, 0.3) is 6.08 Å². The van der Waals surface area contributed by atoms with Gasteiger partial charge in [0.15, 0.2) is 18.1 Å². The van der Waals surface area contributed by atoms with Gasteiger partial charge in [-0.3, -0.25) is 20.2 Å². The Bertz CT molecular complexity index is 696.